The van der Waals surface area contributed by atoms with Gasteiger partial charge in [0.1, 0.15) is 0 Å². The Bertz CT molecular complexity index is 264. The van der Waals surface area contributed by atoms with Crippen molar-refractivity contribution in [3.63, 3.8) is 0 Å². The number of hydrogen-bond donors (Lipinski definition) is 0. The van der Waals surface area contributed by atoms with E-state index in [1.165, 1.54) is 4.90 Å². The lowest BCUT2D eigenvalue weighted by atomic mass is 10.4. The van der Waals surface area contributed by atoms with Crippen LogP contribution in [0.15, 0.2) is 35.2 Å². The molecule has 0 aliphatic heterocycles. The Hall–Kier alpha value is -1.03. The maximum Gasteiger partial charge on any atom is 0.204 e. The summed E-state index contributed by atoms with van der Waals surface area (Å²) >= 11 is 1.66. The average molecular weight is 197 g/mol. The second-order valence-electron chi connectivity index (χ2n) is 2.57. The molecule has 0 aromatic heterocycles. The van der Waals surface area contributed by atoms with E-state index < -0.39 is 0 Å². The zero-order valence-corrected chi connectivity index (χ0v) is 8.00. The Balaban J connectivity index is 2.17. The number of hydrogen-bond acceptors (Lipinski definition) is 3. The summed E-state index contributed by atoms with van der Waals surface area (Å²) in [6, 6.07) is 9.92. The maximum absolute atomic E-state index is 10.0. The third-order valence-electron chi connectivity index (χ3n) is 1.50. The van der Waals surface area contributed by atoms with Gasteiger partial charge in [0.05, 0.1) is 0 Å². The summed E-state index contributed by atoms with van der Waals surface area (Å²) in [7, 11) is 0. The predicted molar refractivity (Wildman–Crippen MR) is 53.6 cm³/mol. The Kier molecular flexibility index (Phi) is 4.32. The number of rotatable bonds is 5. The Morgan fingerprint density at radius 2 is 2.00 bits per heavy atom. The summed E-state index contributed by atoms with van der Waals surface area (Å²) in [6.45, 7) is 0.0693. The molecule has 0 bridgehead atoms. The highest BCUT2D eigenvalue weighted by Gasteiger charge is 1.97. The molecule has 13 heavy (non-hydrogen) atoms. The summed E-state index contributed by atoms with van der Waals surface area (Å²) in [5, 5.41) is 10.0. The zero-order valence-electron chi connectivity index (χ0n) is 7.18. The highest BCUT2D eigenvalue weighted by Crippen LogP contribution is 2.17. The van der Waals surface area contributed by atoms with Crippen LogP contribution < -0.4 is 0 Å². The summed E-state index contributed by atoms with van der Waals surface area (Å²) < 4.78 is 0. The summed E-state index contributed by atoms with van der Waals surface area (Å²) in [4.78, 5) is 10.9. The van der Waals surface area contributed by atoms with Crippen molar-refractivity contribution in [1.82, 2.24) is 0 Å². The minimum atomic E-state index is -0.272. The Morgan fingerprint density at radius 1 is 1.31 bits per heavy atom. The van der Waals surface area contributed by atoms with Gasteiger partial charge in [0.15, 0.2) is 0 Å². The zero-order chi connectivity index (χ0) is 9.52. The third kappa shape index (κ3) is 4.52. The first-order valence-corrected chi connectivity index (χ1v) is 5.07. The van der Waals surface area contributed by atoms with Crippen LogP contribution in [0.1, 0.15) is 6.42 Å². The molecule has 1 aromatic rings. The Morgan fingerprint density at radius 3 is 2.62 bits per heavy atom. The van der Waals surface area contributed by atoms with E-state index in [0.717, 1.165) is 5.75 Å². The van der Waals surface area contributed by atoms with E-state index >= 15 is 0 Å². The van der Waals surface area contributed by atoms with E-state index in [4.69, 9.17) is 0 Å². The quantitative estimate of drug-likeness (QED) is 0.315. The van der Waals surface area contributed by atoms with Gasteiger partial charge in [-0.25, -0.2) is 0 Å². The fourth-order valence-electron chi connectivity index (χ4n) is 0.900. The predicted octanol–water partition coefficient (Wildman–Crippen LogP) is 2.45. The van der Waals surface area contributed by atoms with Crippen molar-refractivity contribution in [2.75, 3.05) is 12.3 Å². The molecule has 70 valence electrons. The molecular weight excluding hydrogens is 186 g/mol. The van der Waals surface area contributed by atoms with E-state index in [0.29, 0.717) is 6.42 Å². The normalized spacial score (nSPS) is 9.85. The van der Waals surface area contributed by atoms with Gasteiger partial charge >= 0.3 is 0 Å². The number of nitro groups is 1. The van der Waals surface area contributed by atoms with Gasteiger partial charge in [0.2, 0.25) is 6.54 Å². The molecule has 0 aliphatic rings. The van der Waals surface area contributed by atoms with Crippen LogP contribution in [0.2, 0.25) is 0 Å². The topological polar surface area (TPSA) is 43.1 Å². The molecule has 0 N–H and O–H groups in total. The molecule has 0 saturated carbocycles. The monoisotopic (exact) mass is 197 g/mol. The number of nitrogens with zero attached hydrogens (tertiary/aromatic N) is 1. The maximum atomic E-state index is 10.0. The summed E-state index contributed by atoms with van der Waals surface area (Å²) in [6.07, 6.45) is 0.632. The van der Waals surface area contributed by atoms with Gasteiger partial charge in [-0.3, -0.25) is 10.1 Å². The first kappa shape index (κ1) is 10.1. The molecule has 0 amide bonds. The van der Waals surface area contributed by atoms with Crippen LogP contribution in [0, 0.1) is 10.1 Å². The fourth-order valence-corrected chi connectivity index (χ4v) is 1.76. The van der Waals surface area contributed by atoms with Crippen LogP contribution in [0.5, 0.6) is 0 Å². The molecule has 0 aliphatic carbocycles. The molecule has 0 spiro atoms. The highest BCUT2D eigenvalue weighted by molar-refractivity contribution is 7.99. The van der Waals surface area contributed by atoms with Crippen molar-refractivity contribution in [3.05, 3.63) is 40.4 Å². The molecular formula is C9H11NO2S. The number of benzene rings is 1. The van der Waals surface area contributed by atoms with E-state index in [1.807, 2.05) is 30.3 Å². The minimum Gasteiger partial charge on any atom is -0.265 e. The largest absolute Gasteiger partial charge is 0.265 e. The van der Waals surface area contributed by atoms with E-state index in [2.05, 4.69) is 0 Å². The van der Waals surface area contributed by atoms with Crippen molar-refractivity contribution in [2.24, 2.45) is 0 Å². The molecule has 0 radical (unpaired) electrons. The molecule has 1 aromatic carbocycles. The lowest BCUT2D eigenvalue weighted by molar-refractivity contribution is -0.479. The molecule has 3 nitrogen and oxygen atoms in total. The van der Waals surface area contributed by atoms with Gasteiger partial charge in [0, 0.05) is 22.0 Å². The van der Waals surface area contributed by atoms with Crippen molar-refractivity contribution in [2.45, 2.75) is 11.3 Å². The molecule has 0 unspecified atom stereocenters. The standard InChI is InChI=1S/C9H11NO2S/c11-10(12)7-4-8-13-9-5-2-1-3-6-9/h1-3,5-6H,4,7-8H2. The Labute approximate surface area is 81.3 Å². The van der Waals surface area contributed by atoms with E-state index in [1.54, 1.807) is 11.8 Å². The molecule has 0 atom stereocenters. The first-order chi connectivity index (χ1) is 6.29. The van der Waals surface area contributed by atoms with Gasteiger partial charge in [-0.2, -0.15) is 0 Å². The second-order valence-corrected chi connectivity index (χ2v) is 3.74. The van der Waals surface area contributed by atoms with Crippen LogP contribution in [0.4, 0.5) is 0 Å². The first-order valence-electron chi connectivity index (χ1n) is 4.08. The van der Waals surface area contributed by atoms with E-state index in [9.17, 15) is 10.1 Å². The smallest absolute Gasteiger partial charge is 0.204 e. The van der Waals surface area contributed by atoms with Crippen molar-refractivity contribution >= 4 is 11.8 Å². The van der Waals surface area contributed by atoms with Crippen LogP contribution >= 0.6 is 11.8 Å². The van der Waals surface area contributed by atoms with Crippen LogP contribution in [-0.4, -0.2) is 17.2 Å². The van der Waals surface area contributed by atoms with Crippen LogP contribution in [-0.2, 0) is 0 Å². The lowest BCUT2D eigenvalue weighted by Gasteiger charge is -1.97. The molecule has 1 rings (SSSR count). The fraction of sp³-hybridized carbons (Fsp3) is 0.333. The molecule has 0 heterocycles. The average Bonchev–Trinajstić information content (AvgIpc) is 2.14. The SMILES string of the molecule is O=[N+]([O-])CCCSc1ccccc1. The van der Waals surface area contributed by atoms with Gasteiger partial charge < -0.3 is 0 Å². The van der Waals surface area contributed by atoms with Gasteiger partial charge in [-0.05, 0) is 12.1 Å². The van der Waals surface area contributed by atoms with E-state index in [-0.39, 0.29) is 11.5 Å². The molecule has 0 saturated heterocycles. The van der Waals surface area contributed by atoms with Gasteiger partial charge in [-0.15, -0.1) is 11.8 Å². The van der Waals surface area contributed by atoms with Gasteiger partial charge in [-0.1, -0.05) is 18.2 Å². The second kappa shape index (κ2) is 5.59. The minimum absolute atomic E-state index is 0.0693. The van der Waals surface area contributed by atoms with Crippen molar-refractivity contribution < 1.29 is 4.92 Å². The van der Waals surface area contributed by atoms with Crippen LogP contribution in [0.25, 0.3) is 0 Å². The molecule has 0 fully saturated rings. The highest BCUT2D eigenvalue weighted by atomic mass is 32.2. The van der Waals surface area contributed by atoms with Crippen molar-refractivity contribution in [3.8, 4) is 0 Å². The van der Waals surface area contributed by atoms with Crippen molar-refractivity contribution in [1.29, 1.82) is 0 Å². The third-order valence-corrected chi connectivity index (χ3v) is 2.60. The summed E-state index contributed by atoms with van der Waals surface area (Å²) in [5.41, 5.74) is 0. The van der Waals surface area contributed by atoms with Crippen LogP contribution in [0.3, 0.4) is 0 Å². The molecule has 4 heteroatoms. The lowest BCUT2D eigenvalue weighted by Crippen LogP contribution is -2.00. The van der Waals surface area contributed by atoms with Gasteiger partial charge in [0.25, 0.3) is 0 Å². The summed E-state index contributed by atoms with van der Waals surface area (Å²) in [5.74, 6) is 0.811. The number of thioether (sulfide) groups is 1.